The van der Waals surface area contributed by atoms with Crippen LogP contribution >= 0.6 is 11.8 Å². The van der Waals surface area contributed by atoms with Gasteiger partial charge in [-0.1, -0.05) is 19.3 Å². The number of benzene rings is 1. The number of anilines is 1. The van der Waals surface area contributed by atoms with E-state index in [0.29, 0.717) is 5.75 Å². The van der Waals surface area contributed by atoms with Gasteiger partial charge in [0, 0.05) is 10.9 Å². The Morgan fingerprint density at radius 2 is 2.00 bits per heavy atom. The van der Waals surface area contributed by atoms with Crippen molar-refractivity contribution in [2.45, 2.75) is 43.0 Å². The summed E-state index contributed by atoms with van der Waals surface area (Å²) in [5.74, 6) is -0.382. The average molecular weight is 291 g/mol. The van der Waals surface area contributed by atoms with E-state index in [1.165, 1.54) is 18.2 Å². The highest BCUT2D eigenvalue weighted by Crippen LogP contribution is 2.39. The van der Waals surface area contributed by atoms with Gasteiger partial charge in [0.15, 0.2) is 0 Å². The molecule has 4 nitrogen and oxygen atoms in total. The lowest BCUT2D eigenvalue weighted by atomic mass is 9.93. The van der Waals surface area contributed by atoms with Crippen molar-refractivity contribution >= 4 is 29.3 Å². The van der Waals surface area contributed by atoms with E-state index in [1.54, 1.807) is 12.1 Å². The van der Waals surface area contributed by atoms with Crippen LogP contribution in [0.5, 0.6) is 0 Å². The zero-order chi connectivity index (χ0) is 14.1. The van der Waals surface area contributed by atoms with Crippen LogP contribution in [0.2, 0.25) is 0 Å². The Morgan fingerprint density at radius 1 is 1.25 bits per heavy atom. The van der Waals surface area contributed by atoms with Crippen LogP contribution < -0.4 is 4.90 Å². The summed E-state index contributed by atoms with van der Waals surface area (Å²) in [7, 11) is 0. The van der Waals surface area contributed by atoms with Crippen molar-refractivity contribution in [2.24, 2.45) is 0 Å². The lowest BCUT2D eigenvalue weighted by molar-refractivity contribution is -0.116. The number of rotatable bonds is 2. The predicted octanol–water partition coefficient (Wildman–Crippen LogP) is 3.16. The quantitative estimate of drug-likeness (QED) is 0.909. The average Bonchev–Trinajstić information content (AvgIpc) is 2.47. The summed E-state index contributed by atoms with van der Waals surface area (Å²) in [5, 5.41) is 9.14. The number of carbonyl (C=O) groups excluding carboxylic acids is 1. The SMILES string of the molecule is O=C(O)c1ccc2c(c1)N(C1CCCCC1)C(=O)CS2. The van der Waals surface area contributed by atoms with Crippen LogP contribution in [0.1, 0.15) is 42.5 Å². The molecule has 0 atom stereocenters. The Kier molecular flexibility index (Phi) is 3.70. The third-order valence-corrected chi connectivity index (χ3v) is 5.07. The first kappa shape index (κ1) is 13.5. The number of carboxylic acid groups (broad SMARTS) is 1. The molecule has 0 unspecified atom stereocenters. The number of hydrogen-bond donors (Lipinski definition) is 1. The molecule has 106 valence electrons. The van der Waals surface area contributed by atoms with Crippen LogP contribution in [0.3, 0.4) is 0 Å². The fourth-order valence-corrected chi connectivity index (χ4v) is 3.93. The lowest BCUT2D eigenvalue weighted by Gasteiger charge is -2.37. The van der Waals surface area contributed by atoms with E-state index < -0.39 is 5.97 Å². The Bertz CT molecular complexity index is 552. The molecule has 1 heterocycles. The first-order valence-electron chi connectivity index (χ1n) is 6.99. The number of amides is 1. The molecule has 1 fully saturated rings. The second-order valence-electron chi connectivity index (χ2n) is 5.33. The van der Waals surface area contributed by atoms with Crippen molar-refractivity contribution in [3.05, 3.63) is 23.8 Å². The van der Waals surface area contributed by atoms with Crippen LogP contribution in [0.15, 0.2) is 23.1 Å². The third-order valence-electron chi connectivity index (χ3n) is 4.03. The number of aromatic carboxylic acids is 1. The minimum absolute atomic E-state index is 0.108. The molecule has 5 heteroatoms. The smallest absolute Gasteiger partial charge is 0.335 e. The Labute approximate surface area is 122 Å². The Balaban J connectivity index is 2.00. The number of carbonyl (C=O) groups is 2. The zero-order valence-electron chi connectivity index (χ0n) is 11.2. The normalized spacial score (nSPS) is 19.8. The standard InChI is InChI=1S/C15H17NO3S/c17-14-9-20-13-7-6-10(15(18)19)8-12(13)16(14)11-4-2-1-3-5-11/h6-8,11H,1-5,9H2,(H,18,19). The molecule has 0 spiro atoms. The van der Waals surface area contributed by atoms with Gasteiger partial charge in [-0.05, 0) is 31.0 Å². The zero-order valence-corrected chi connectivity index (χ0v) is 12.0. The van der Waals surface area contributed by atoms with E-state index in [-0.39, 0.29) is 17.5 Å². The maximum atomic E-state index is 12.3. The van der Waals surface area contributed by atoms with Crippen LogP contribution in [0.25, 0.3) is 0 Å². The van der Waals surface area contributed by atoms with E-state index in [0.717, 1.165) is 36.3 Å². The van der Waals surface area contributed by atoms with E-state index in [9.17, 15) is 9.59 Å². The van der Waals surface area contributed by atoms with Crippen molar-refractivity contribution in [3.8, 4) is 0 Å². The van der Waals surface area contributed by atoms with Crippen LogP contribution in [0.4, 0.5) is 5.69 Å². The molecule has 20 heavy (non-hydrogen) atoms. The molecular weight excluding hydrogens is 274 g/mol. The highest BCUT2D eigenvalue weighted by Gasteiger charge is 2.32. The lowest BCUT2D eigenvalue weighted by Crippen LogP contribution is -2.44. The summed E-state index contributed by atoms with van der Waals surface area (Å²) in [4.78, 5) is 26.3. The number of thioether (sulfide) groups is 1. The summed E-state index contributed by atoms with van der Waals surface area (Å²) < 4.78 is 0. The second-order valence-corrected chi connectivity index (χ2v) is 6.35. The van der Waals surface area contributed by atoms with Gasteiger partial charge in [0.2, 0.25) is 5.91 Å². The van der Waals surface area contributed by atoms with E-state index >= 15 is 0 Å². The van der Waals surface area contributed by atoms with Gasteiger partial charge in [-0.3, -0.25) is 4.79 Å². The maximum Gasteiger partial charge on any atom is 0.335 e. The van der Waals surface area contributed by atoms with Gasteiger partial charge < -0.3 is 10.0 Å². The van der Waals surface area contributed by atoms with Gasteiger partial charge in [-0.2, -0.15) is 0 Å². The number of hydrogen-bond acceptors (Lipinski definition) is 3. The first-order chi connectivity index (χ1) is 9.66. The molecule has 1 aliphatic heterocycles. The third kappa shape index (κ3) is 2.42. The highest BCUT2D eigenvalue weighted by molar-refractivity contribution is 8.00. The van der Waals surface area contributed by atoms with Crippen molar-refractivity contribution in [3.63, 3.8) is 0 Å². The van der Waals surface area contributed by atoms with Gasteiger partial charge in [-0.15, -0.1) is 11.8 Å². The molecule has 2 aliphatic rings. The van der Waals surface area contributed by atoms with Crippen LogP contribution in [-0.2, 0) is 4.79 Å². The van der Waals surface area contributed by atoms with Crippen molar-refractivity contribution in [1.29, 1.82) is 0 Å². The summed E-state index contributed by atoms with van der Waals surface area (Å²) in [5.41, 5.74) is 1.04. The monoisotopic (exact) mass is 291 g/mol. The van der Waals surface area contributed by atoms with E-state index in [4.69, 9.17) is 5.11 Å². The van der Waals surface area contributed by atoms with E-state index in [2.05, 4.69) is 0 Å². The molecule has 3 rings (SSSR count). The van der Waals surface area contributed by atoms with Gasteiger partial charge >= 0.3 is 5.97 Å². The Morgan fingerprint density at radius 3 is 2.70 bits per heavy atom. The van der Waals surface area contributed by atoms with Crippen molar-refractivity contribution in [1.82, 2.24) is 0 Å². The first-order valence-corrected chi connectivity index (χ1v) is 7.97. The van der Waals surface area contributed by atoms with Crippen LogP contribution in [0, 0.1) is 0 Å². The second kappa shape index (κ2) is 5.48. The van der Waals surface area contributed by atoms with Gasteiger partial charge in [-0.25, -0.2) is 4.79 Å². The summed E-state index contributed by atoms with van der Waals surface area (Å²) >= 11 is 1.50. The van der Waals surface area contributed by atoms with Crippen molar-refractivity contribution in [2.75, 3.05) is 10.7 Å². The molecule has 1 amide bonds. The van der Waals surface area contributed by atoms with E-state index in [1.807, 2.05) is 11.0 Å². The summed E-state index contributed by atoms with van der Waals surface area (Å²) in [6.07, 6.45) is 5.57. The molecule has 1 aromatic carbocycles. The minimum atomic E-state index is -0.945. The van der Waals surface area contributed by atoms with Crippen molar-refractivity contribution < 1.29 is 14.7 Å². The van der Waals surface area contributed by atoms with Gasteiger partial charge in [0.1, 0.15) is 0 Å². The van der Waals surface area contributed by atoms with Crippen LogP contribution in [-0.4, -0.2) is 28.8 Å². The topological polar surface area (TPSA) is 57.6 Å². The fraction of sp³-hybridized carbons (Fsp3) is 0.467. The minimum Gasteiger partial charge on any atom is -0.478 e. The van der Waals surface area contributed by atoms with Gasteiger partial charge in [0.25, 0.3) is 0 Å². The number of carboxylic acids is 1. The molecule has 1 aliphatic carbocycles. The molecule has 0 aromatic heterocycles. The predicted molar refractivity (Wildman–Crippen MR) is 78.5 cm³/mol. The molecule has 0 radical (unpaired) electrons. The maximum absolute atomic E-state index is 12.3. The molecule has 1 aromatic rings. The highest BCUT2D eigenvalue weighted by atomic mass is 32.2. The molecule has 0 saturated heterocycles. The fourth-order valence-electron chi connectivity index (χ4n) is 3.04. The molecule has 1 saturated carbocycles. The molecule has 1 N–H and O–H groups in total. The van der Waals surface area contributed by atoms with Gasteiger partial charge in [0.05, 0.1) is 17.0 Å². The molecule has 0 bridgehead atoms. The number of fused-ring (bicyclic) bond motifs is 1. The molecular formula is C15H17NO3S. The number of nitrogens with zero attached hydrogens (tertiary/aromatic N) is 1. The summed E-state index contributed by atoms with van der Waals surface area (Å²) in [6, 6.07) is 5.32. The summed E-state index contributed by atoms with van der Waals surface area (Å²) in [6.45, 7) is 0. The Hall–Kier alpha value is -1.49. The largest absolute Gasteiger partial charge is 0.478 e.